The van der Waals surface area contributed by atoms with Gasteiger partial charge in [0.15, 0.2) is 5.82 Å². The Labute approximate surface area is 101 Å². The van der Waals surface area contributed by atoms with Crippen LogP contribution in [-0.4, -0.2) is 6.04 Å². The number of nitrogens with one attached hydrogen (secondary N) is 1. The molecule has 0 saturated heterocycles. The minimum atomic E-state index is -0.491. The number of halogens is 2. The maximum absolute atomic E-state index is 13.8. The standard InChI is InChI=1S/C14H19F2N/c1-3-10-5-4-6-12(10)17-14-11(15)8-7-9(2)13(14)16/h7-8,10,12,17H,3-6H2,1-2H3. The van der Waals surface area contributed by atoms with Crippen LogP contribution in [0.15, 0.2) is 12.1 Å². The van der Waals surface area contributed by atoms with Gasteiger partial charge in [0.1, 0.15) is 11.5 Å². The van der Waals surface area contributed by atoms with E-state index in [0.29, 0.717) is 11.5 Å². The van der Waals surface area contributed by atoms with Crippen molar-refractivity contribution in [3.63, 3.8) is 0 Å². The molecular weight excluding hydrogens is 220 g/mol. The van der Waals surface area contributed by atoms with E-state index in [2.05, 4.69) is 12.2 Å². The van der Waals surface area contributed by atoms with E-state index in [1.165, 1.54) is 12.1 Å². The highest BCUT2D eigenvalue weighted by atomic mass is 19.1. The van der Waals surface area contributed by atoms with Gasteiger partial charge in [0.2, 0.25) is 0 Å². The number of hydrogen-bond donors (Lipinski definition) is 1. The van der Waals surface area contributed by atoms with Crippen LogP contribution in [0.25, 0.3) is 0 Å². The quantitative estimate of drug-likeness (QED) is 0.830. The van der Waals surface area contributed by atoms with Gasteiger partial charge in [-0.15, -0.1) is 0 Å². The van der Waals surface area contributed by atoms with Crippen molar-refractivity contribution >= 4 is 5.69 Å². The van der Waals surface area contributed by atoms with Crippen molar-refractivity contribution in [1.29, 1.82) is 0 Å². The zero-order valence-corrected chi connectivity index (χ0v) is 10.4. The first-order chi connectivity index (χ1) is 8.13. The molecular formula is C14H19F2N. The van der Waals surface area contributed by atoms with Crippen molar-refractivity contribution < 1.29 is 8.78 Å². The molecule has 1 aliphatic rings. The Balaban J connectivity index is 2.21. The molecule has 0 aromatic heterocycles. The molecule has 3 heteroatoms. The van der Waals surface area contributed by atoms with E-state index in [1.807, 2.05) is 0 Å². The summed E-state index contributed by atoms with van der Waals surface area (Å²) in [6.07, 6.45) is 4.37. The third-order valence-corrected chi connectivity index (χ3v) is 3.80. The Morgan fingerprint density at radius 3 is 2.76 bits per heavy atom. The van der Waals surface area contributed by atoms with Crippen LogP contribution >= 0.6 is 0 Å². The molecule has 1 nitrogen and oxygen atoms in total. The van der Waals surface area contributed by atoms with Crippen LogP contribution in [0.2, 0.25) is 0 Å². The van der Waals surface area contributed by atoms with E-state index < -0.39 is 11.6 Å². The lowest BCUT2D eigenvalue weighted by atomic mass is 10.00. The fraction of sp³-hybridized carbons (Fsp3) is 0.571. The van der Waals surface area contributed by atoms with Gasteiger partial charge in [0.05, 0.1) is 0 Å². The maximum atomic E-state index is 13.8. The molecule has 2 atom stereocenters. The van der Waals surface area contributed by atoms with E-state index >= 15 is 0 Å². The van der Waals surface area contributed by atoms with Crippen molar-refractivity contribution in [2.24, 2.45) is 5.92 Å². The summed E-state index contributed by atoms with van der Waals surface area (Å²) in [5.74, 6) is -0.407. The fourth-order valence-electron chi connectivity index (χ4n) is 2.69. The largest absolute Gasteiger partial charge is 0.377 e. The Morgan fingerprint density at radius 1 is 1.29 bits per heavy atom. The van der Waals surface area contributed by atoms with Gasteiger partial charge in [-0.1, -0.05) is 25.8 Å². The Kier molecular flexibility index (Phi) is 3.65. The molecule has 17 heavy (non-hydrogen) atoms. The highest BCUT2D eigenvalue weighted by molar-refractivity contribution is 5.49. The summed E-state index contributed by atoms with van der Waals surface area (Å²) in [7, 11) is 0. The van der Waals surface area contributed by atoms with Crippen molar-refractivity contribution in [3.05, 3.63) is 29.3 Å². The molecule has 1 aliphatic carbocycles. The van der Waals surface area contributed by atoms with Crippen molar-refractivity contribution in [2.75, 3.05) is 5.32 Å². The van der Waals surface area contributed by atoms with E-state index in [9.17, 15) is 8.78 Å². The summed E-state index contributed by atoms with van der Waals surface area (Å²) < 4.78 is 27.5. The van der Waals surface area contributed by atoms with Gasteiger partial charge >= 0.3 is 0 Å². The lowest BCUT2D eigenvalue weighted by Gasteiger charge is -2.22. The van der Waals surface area contributed by atoms with Crippen LogP contribution in [0.1, 0.15) is 38.2 Å². The summed E-state index contributed by atoms with van der Waals surface area (Å²) >= 11 is 0. The van der Waals surface area contributed by atoms with E-state index in [0.717, 1.165) is 25.7 Å². The molecule has 2 rings (SSSR count). The highest BCUT2D eigenvalue weighted by Crippen LogP contribution is 2.32. The zero-order chi connectivity index (χ0) is 12.4. The smallest absolute Gasteiger partial charge is 0.152 e. The Bertz CT molecular complexity index is 403. The number of hydrogen-bond acceptors (Lipinski definition) is 1. The number of aryl methyl sites for hydroxylation is 1. The van der Waals surface area contributed by atoms with E-state index in [4.69, 9.17) is 0 Å². The molecule has 0 heterocycles. The van der Waals surface area contributed by atoms with Crippen LogP contribution in [0.4, 0.5) is 14.5 Å². The zero-order valence-electron chi connectivity index (χ0n) is 10.4. The summed E-state index contributed by atoms with van der Waals surface area (Å²) in [6.45, 7) is 3.79. The Hall–Kier alpha value is -1.12. The molecule has 0 aliphatic heterocycles. The van der Waals surface area contributed by atoms with Gasteiger partial charge in [-0.25, -0.2) is 8.78 Å². The van der Waals surface area contributed by atoms with Crippen LogP contribution in [-0.2, 0) is 0 Å². The van der Waals surface area contributed by atoms with Crippen LogP contribution in [0.5, 0.6) is 0 Å². The van der Waals surface area contributed by atoms with Gasteiger partial charge in [-0.2, -0.15) is 0 Å². The topological polar surface area (TPSA) is 12.0 Å². The molecule has 1 aromatic carbocycles. The molecule has 94 valence electrons. The number of rotatable bonds is 3. The molecule has 2 unspecified atom stereocenters. The molecule has 1 saturated carbocycles. The third-order valence-electron chi connectivity index (χ3n) is 3.80. The normalized spacial score (nSPS) is 24.0. The molecule has 0 spiro atoms. The monoisotopic (exact) mass is 239 g/mol. The van der Waals surface area contributed by atoms with Gasteiger partial charge in [-0.05, 0) is 37.3 Å². The second kappa shape index (κ2) is 5.03. The molecule has 0 bridgehead atoms. The van der Waals surface area contributed by atoms with Crippen LogP contribution in [0, 0.1) is 24.5 Å². The minimum absolute atomic E-state index is 0.0513. The first-order valence-electron chi connectivity index (χ1n) is 6.34. The van der Waals surface area contributed by atoms with Crippen molar-refractivity contribution in [2.45, 2.75) is 45.6 Å². The predicted molar refractivity (Wildman–Crippen MR) is 66.1 cm³/mol. The predicted octanol–water partition coefficient (Wildman–Crippen LogP) is 4.26. The maximum Gasteiger partial charge on any atom is 0.152 e. The van der Waals surface area contributed by atoms with E-state index in [-0.39, 0.29) is 11.7 Å². The number of anilines is 1. The van der Waals surface area contributed by atoms with Crippen LogP contribution < -0.4 is 5.32 Å². The first-order valence-corrected chi connectivity index (χ1v) is 6.34. The number of benzene rings is 1. The summed E-state index contributed by atoms with van der Waals surface area (Å²) in [5, 5.41) is 3.07. The fourth-order valence-corrected chi connectivity index (χ4v) is 2.69. The first kappa shape index (κ1) is 12.3. The molecule has 1 N–H and O–H groups in total. The second-order valence-electron chi connectivity index (χ2n) is 4.90. The average Bonchev–Trinajstić information content (AvgIpc) is 2.77. The molecule has 1 aromatic rings. The summed E-state index contributed by atoms with van der Waals surface area (Å²) in [6, 6.07) is 3.02. The van der Waals surface area contributed by atoms with Gasteiger partial charge in [-0.3, -0.25) is 0 Å². The van der Waals surface area contributed by atoms with Gasteiger partial charge in [0, 0.05) is 6.04 Å². The molecule has 1 fully saturated rings. The highest BCUT2D eigenvalue weighted by Gasteiger charge is 2.27. The SMILES string of the molecule is CCC1CCCC1Nc1c(F)ccc(C)c1F. The summed E-state index contributed by atoms with van der Waals surface area (Å²) in [5.41, 5.74) is 0.537. The van der Waals surface area contributed by atoms with E-state index in [1.54, 1.807) is 6.92 Å². The van der Waals surface area contributed by atoms with Crippen molar-refractivity contribution in [3.8, 4) is 0 Å². The molecule has 0 radical (unpaired) electrons. The second-order valence-corrected chi connectivity index (χ2v) is 4.90. The lowest BCUT2D eigenvalue weighted by Crippen LogP contribution is -2.24. The third kappa shape index (κ3) is 2.43. The van der Waals surface area contributed by atoms with Crippen molar-refractivity contribution in [1.82, 2.24) is 0 Å². The minimum Gasteiger partial charge on any atom is -0.377 e. The molecule has 0 amide bonds. The lowest BCUT2D eigenvalue weighted by molar-refractivity contribution is 0.482. The van der Waals surface area contributed by atoms with Gasteiger partial charge < -0.3 is 5.32 Å². The van der Waals surface area contributed by atoms with Crippen LogP contribution in [0.3, 0.4) is 0 Å². The average molecular weight is 239 g/mol. The van der Waals surface area contributed by atoms with Gasteiger partial charge in [0.25, 0.3) is 0 Å². The summed E-state index contributed by atoms with van der Waals surface area (Å²) in [4.78, 5) is 0. The Morgan fingerprint density at radius 2 is 2.06 bits per heavy atom.